The Balaban J connectivity index is 0.837. The van der Waals surface area contributed by atoms with Crippen LogP contribution in [0.4, 0.5) is 10.5 Å². The minimum atomic E-state index is -1.33. The molecule has 5 heterocycles. The van der Waals surface area contributed by atoms with Crippen LogP contribution < -0.4 is 50.7 Å². The van der Waals surface area contributed by atoms with Crippen molar-refractivity contribution in [1.29, 1.82) is 0 Å². The van der Waals surface area contributed by atoms with Crippen LogP contribution in [0.5, 0.6) is 28.7 Å². The summed E-state index contributed by atoms with van der Waals surface area (Å²) in [6.45, 7) is 7.56. The number of aliphatic hydroxyl groups excluding tert-OH is 2. The third-order valence-corrected chi connectivity index (χ3v) is 16.8. The van der Waals surface area contributed by atoms with E-state index in [1.54, 1.807) is 64.1 Å². The molecule has 6 aliphatic rings. The van der Waals surface area contributed by atoms with Crippen LogP contribution in [0, 0.1) is 17.8 Å². The summed E-state index contributed by atoms with van der Waals surface area (Å²) in [5.74, 6) is -4.66. The standard InChI is InChI=1S/C61H76N6O19/c1-31(2)52(66-46(68)12-8-7-9-22-67-47(69)18-19-48(67)70)58(75)65-40(11-10-21-63-60(62)77)57(74)64-35-16-13-33(14-17-35)15-20-49(71)85-55-44(78-5)23-34(24-45(55)79-6)50-38-27-42-41(82-30-83-42)25-36(38)37(39-28-80-59(76)51(39)50)26-43-53(72)54(73)56-61(4,86-43)29-81-32(3)84-56/h13-14,16-19,23-25,27,31-32,37,39-40,43,50-54,56,72-73H,7-12,15,20-22,26,28-30H2,1-6H3,(H,64,74)(H,65,75)(H,66,68)(H3,62,63,77)/t32-,37-,39-,40+,43+,50-,51+,52+,53+,54-,56+,61-/m1/s1. The van der Waals surface area contributed by atoms with Crippen LogP contribution in [0.15, 0.2) is 60.7 Å². The number of aryl methyl sites for hydroxylation is 1. The third kappa shape index (κ3) is 14.0. The number of anilines is 1. The van der Waals surface area contributed by atoms with Crippen LogP contribution in [0.3, 0.4) is 0 Å². The Kier molecular flexibility index (Phi) is 19.9. The molecule has 25 heteroatoms. The van der Waals surface area contributed by atoms with Gasteiger partial charge in [0, 0.05) is 55.6 Å². The van der Waals surface area contributed by atoms with Gasteiger partial charge in [0.1, 0.15) is 36.0 Å². The van der Waals surface area contributed by atoms with E-state index in [0.717, 1.165) is 21.6 Å². The van der Waals surface area contributed by atoms with Crippen molar-refractivity contribution in [2.45, 2.75) is 146 Å². The summed E-state index contributed by atoms with van der Waals surface area (Å²) in [6.07, 6.45) is -0.158. The quantitative estimate of drug-likeness (QED) is 0.0276. The highest BCUT2D eigenvalue weighted by Gasteiger charge is 2.58. The Morgan fingerprint density at radius 1 is 0.837 bits per heavy atom. The van der Waals surface area contributed by atoms with Crippen molar-refractivity contribution in [2.24, 2.45) is 23.5 Å². The lowest BCUT2D eigenvalue weighted by molar-refractivity contribution is -0.355. The topological polar surface area (TPSA) is 337 Å². The van der Waals surface area contributed by atoms with Gasteiger partial charge < -0.3 is 79.8 Å². The van der Waals surface area contributed by atoms with Crippen molar-refractivity contribution in [2.75, 3.05) is 52.6 Å². The first-order valence-electron chi connectivity index (χ1n) is 29.1. The van der Waals surface area contributed by atoms with Gasteiger partial charge in [-0.05, 0) is 123 Å². The van der Waals surface area contributed by atoms with Gasteiger partial charge in [0.05, 0.1) is 39.5 Å². The number of carbonyl (C=O) groups is 8. The molecule has 0 spiro atoms. The zero-order chi connectivity index (χ0) is 61.6. The second kappa shape index (κ2) is 27.2. The van der Waals surface area contributed by atoms with Gasteiger partial charge in [-0.1, -0.05) is 32.4 Å². The second-order valence-electron chi connectivity index (χ2n) is 23.0. The molecule has 3 fully saturated rings. The first kappa shape index (κ1) is 62.7. The smallest absolute Gasteiger partial charge is 0.312 e. The number of cyclic esters (lactones) is 1. The summed E-state index contributed by atoms with van der Waals surface area (Å²) in [7, 11) is 2.84. The van der Waals surface area contributed by atoms with Crippen LogP contribution in [0.2, 0.25) is 0 Å². The van der Waals surface area contributed by atoms with E-state index >= 15 is 0 Å². The Morgan fingerprint density at radius 2 is 1.52 bits per heavy atom. The molecule has 3 aromatic carbocycles. The van der Waals surface area contributed by atoms with E-state index in [0.29, 0.717) is 42.0 Å². The number of ether oxygens (including phenoxy) is 9. The number of imide groups is 1. The molecule has 5 aliphatic heterocycles. The minimum absolute atomic E-state index is 0.0118. The Hall–Kier alpha value is -7.84. The fraction of sp³-hybridized carbons (Fsp3) is 0.541. The molecule has 8 N–H and O–H groups in total. The van der Waals surface area contributed by atoms with Crippen LogP contribution in [0.1, 0.15) is 113 Å². The normalized spacial score (nSPS) is 25.9. The number of unbranched alkanes of at least 4 members (excludes halogenated alkanes) is 2. The van der Waals surface area contributed by atoms with Gasteiger partial charge in [0.25, 0.3) is 11.8 Å². The van der Waals surface area contributed by atoms with E-state index < -0.39 is 102 Å². The lowest BCUT2D eigenvalue weighted by Crippen LogP contribution is -2.68. The van der Waals surface area contributed by atoms with Gasteiger partial charge in [-0.25, -0.2) is 4.79 Å². The summed E-state index contributed by atoms with van der Waals surface area (Å²) in [4.78, 5) is 104. The second-order valence-corrected chi connectivity index (χ2v) is 23.0. The summed E-state index contributed by atoms with van der Waals surface area (Å²) < 4.78 is 53.5. The van der Waals surface area contributed by atoms with Crippen molar-refractivity contribution in [3.05, 3.63) is 82.9 Å². The number of methoxy groups -OCH3 is 2. The number of nitrogens with zero attached hydrogens (tertiary/aromatic N) is 1. The highest BCUT2D eigenvalue weighted by Crippen LogP contribution is 2.58. The number of rotatable bonds is 25. The van der Waals surface area contributed by atoms with Crippen molar-refractivity contribution in [1.82, 2.24) is 20.9 Å². The first-order chi connectivity index (χ1) is 41.2. The lowest BCUT2D eigenvalue weighted by atomic mass is 9.61. The molecular formula is C61H76N6O19. The maximum atomic E-state index is 14.1. The molecule has 3 saturated heterocycles. The molecule has 0 radical (unpaired) electrons. The van der Waals surface area contributed by atoms with Crippen molar-refractivity contribution < 1.29 is 91.2 Å². The summed E-state index contributed by atoms with van der Waals surface area (Å²) in [5, 5.41) is 33.8. The number of urea groups is 1. The Morgan fingerprint density at radius 3 is 2.19 bits per heavy atom. The predicted molar refractivity (Wildman–Crippen MR) is 304 cm³/mol. The molecule has 0 aromatic heterocycles. The van der Waals surface area contributed by atoms with Gasteiger partial charge in [-0.15, -0.1) is 0 Å². The van der Waals surface area contributed by atoms with E-state index in [2.05, 4.69) is 21.3 Å². The predicted octanol–water partition coefficient (Wildman–Crippen LogP) is 3.52. The highest BCUT2D eigenvalue weighted by atomic mass is 16.7. The number of esters is 2. The molecule has 0 bridgehead atoms. The van der Waals surface area contributed by atoms with E-state index in [9.17, 15) is 48.6 Å². The summed E-state index contributed by atoms with van der Waals surface area (Å²) in [5.41, 5.74) is 7.40. The number of fused-ring (bicyclic) bond motifs is 4. The van der Waals surface area contributed by atoms with E-state index in [-0.39, 0.29) is 113 Å². The molecule has 9 rings (SSSR count). The van der Waals surface area contributed by atoms with Crippen LogP contribution in [-0.2, 0) is 58.9 Å². The van der Waals surface area contributed by atoms with Crippen molar-refractivity contribution >= 4 is 53.2 Å². The SMILES string of the molecule is COc1cc([C@@H]2c3cc4c(cc3[C@@H](C[C@@H]3O[C@]5(C)CO[C@@H](C)O[C@H]5[C@H](O)[C@H]3O)[C@H]3COC(=O)[C@H]23)OCO4)cc(OC)c1OC(=O)CCc1ccc(NC(=O)[C@H](CCCNC(N)=O)NC(=O)[C@@H](NC(=O)CCCCCN2C(=O)C=CC2=O)C(C)C)cc1. The largest absolute Gasteiger partial charge is 0.493 e. The van der Waals surface area contributed by atoms with Gasteiger partial charge in [0.15, 0.2) is 29.3 Å². The number of amides is 7. The summed E-state index contributed by atoms with van der Waals surface area (Å²) in [6, 6.07) is 11.0. The molecule has 464 valence electrons. The van der Waals surface area contributed by atoms with Crippen LogP contribution in [-0.4, -0.2) is 158 Å². The number of primary amides is 1. The number of aliphatic hydroxyl groups is 2. The van der Waals surface area contributed by atoms with Crippen LogP contribution >= 0.6 is 0 Å². The Labute approximate surface area is 497 Å². The number of hydrogen-bond acceptors (Lipinski definition) is 19. The lowest BCUT2D eigenvalue weighted by Gasteiger charge is -2.53. The van der Waals surface area contributed by atoms with Gasteiger partial charge in [-0.2, -0.15) is 0 Å². The summed E-state index contributed by atoms with van der Waals surface area (Å²) >= 11 is 0. The number of carbonyl (C=O) groups excluding carboxylic acids is 8. The maximum absolute atomic E-state index is 14.1. The van der Waals surface area contributed by atoms with E-state index in [1.807, 2.05) is 12.1 Å². The third-order valence-electron chi connectivity index (χ3n) is 16.8. The number of hydrogen-bond donors (Lipinski definition) is 7. The fourth-order valence-corrected chi connectivity index (χ4v) is 12.3. The molecule has 1 aliphatic carbocycles. The van der Waals surface area contributed by atoms with Gasteiger partial charge in [0.2, 0.25) is 30.3 Å². The number of benzene rings is 3. The molecule has 0 saturated carbocycles. The number of nitrogens with one attached hydrogen (secondary N) is 4. The van der Waals surface area contributed by atoms with E-state index in [1.165, 1.54) is 26.4 Å². The molecule has 86 heavy (non-hydrogen) atoms. The zero-order valence-electron chi connectivity index (χ0n) is 49.0. The van der Waals surface area contributed by atoms with Crippen molar-refractivity contribution in [3.8, 4) is 28.7 Å². The molecule has 3 aromatic rings. The molecular weight excluding hydrogens is 1120 g/mol. The van der Waals surface area contributed by atoms with Crippen LogP contribution in [0.25, 0.3) is 0 Å². The van der Waals surface area contributed by atoms with E-state index in [4.69, 9.17) is 48.4 Å². The van der Waals surface area contributed by atoms with Gasteiger partial charge >= 0.3 is 18.0 Å². The monoisotopic (exact) mass is 1200 g/mol. The molecule has 25 nitrogen and oxygen atoms in total. The average molecular weight is 1200 g/mol. The first-order valence-corrected chi connectivity index (χ1v) is 29.1. The highest BCUT2D eigenvalue weighted by molar-refractivity contribution is 6.12. The number of nitrogens with two attached hydrogens (primary N) is 1. The van der Waals surface area contributed by atoms with Crippen molar-refractivity contribution in [3.63, 3.8) is 0 Å². The minimum Gasteiger partial charge on any atom is -0.493 e. The molecule has 12 atom stereocenters. The maximum Gasteiger partial charge on any atom is 0.312 e. The zero-order valence-corrected chi connectivity index (χ0v) is 49.0. The Bertz CT molecular complexity index is 3040. The van der Waals surface area contributed by atoms with Gasteiger partial charge in [-0.3, -0.25) is 38.5 Å². The average Bonchev–Trinajstić information content (AvgIpc) is 1.40. The fourth-order valence-electron chi connectivity index (χ4n) is 12.3. The molecule has 7 amide bonds. The molecule has 0 unspecified atom stereocenters.